The smallest absolute Gasteiger partial charge is 0.326 e. The number of H-pyrrole nitrogens is 2. The van der Waals surface area contributed by atoms with Crippen LogP contribution in [-0.4, -0.2) is 79.8 Å². The Balaban J connectivity index is 1.55. The fourth-order valence-electron chi connectivity index (χ4n) is 4.89. The van der Waals surface area contributed by atoms with Crippen LogP contribution in [0.1, 0.15) is 24.0 Å². The average Bonchev–Trinajstić information content (AvgIpc) is 3.61. The zero-order valence-electron chi connectivity index (χ0n) is 23.6. The summed E-state index contributed by atoms with van der Waals surface area (Å²) >= 11 is 4.05. The molecule has 0 bridgehead atoms. The van der Waals surface area contributed by atoms with E-state index in [4.69, 9.17) is 5.73 Å². The highest BCUT2D eigenvalue weighted by Crippen LogP contribution is 2.21. The minimum absolute atomic E-state index is 0.0178. The van der Waals surface area contributed by atoms with Crippen molar-refractivity contribution in [2.45, 2.75) is 49.9 Å². The fraction of sp³-hybridized carbons (Fsp3) is 0.300. The molecule has 44 heavy (non-hydrogen) atoms. The van der Waals surface area contributed by atoms with Crippen molar-refractivity contribution in [2.75, 3.05) is 5.75 Å². The Kier molecular flexibility index (Phi) is 10.6. The molecule has 4 unspecified atom stereocenters. The first kappa shape index (κ1) is 32.1. The number of carboxylic acids is 2. The molecule has 13 nitrogen and oxygen atoms in total. The first-order valence-corrected chi connectivity index (χ1v) is 14.5. The van der Waals surface area contributed by atoms with Crippen LogP contribution in [0.2, 0.25) is 0 Å². The Morgan fingerprint density at radius 3 is 1.73 bits per heavy atom. The number of carbonyl (C=O) groups excluding carboxylic acids is 3. The summed E-state index contributed by atoms with van der Waals surface area (Å²) in [7, 11) is 0. The molecule has 0 fully saturated rings. The molecule has 2 heterocycles. The maximum Gasteiger partial charge on any atom is 0.326 e. The molecular formula is C30H34N6O7S. The normalized spacial score (nSPS) is 14.0. The number of fused-ring (bicyclic) bond motifs is 2. The van der Waals surface area contributed by atoms with E-state index in [9.17, 15) is 34.2 Å². The molecule has 0 aliphatic rings. The van der Waals surface area contributed by atoms with Crippen LogP contribution in [0.5, 0.6) is 0 Å². The van der Waals surface area contributed by atoms with Crippen LogP contribution in [0.3, 0.4) is 0 Å². The van der Waals surface area contributed by atoms with Gasteiger partial charge in [0.2, 0.25) is 17.7 Å². The number of aliphatic carboxylic acids is 2. The number of hydrogen-bond donors (Lipinski definition) is 9. The summed E-state index contributed by atoms with van der Waals surface area (Å²) in [5.74, 6) is -4.80. The third kappa shape index (κ3) is 7.96. The number of hydrogen-bond acceptors (Lipinski definition) is 7. The topological polar surface area (TPSA) is 219 Å². The third-order valence-corrected chi connectivity index (χ3v) is 7.65. The second kappa shape index (κ2) is 14.6. The standard InChI is InChI=1S/C30H34N6O7S/c31-20(15-44)27(39)35-24(11-16-13-32-21-7-3-1-5-18(16)21)29(41)34-23(9-10-26(37)38)28(40)36-25(30(42)43)12-17-14-33-22-8-4-2-6-19(17)22/h1-8,13-14,20,23-25,32-33,44H,9-12,15,31H2,(H,34,41)(H,35,39)(H,36,40)(H,37,38)(H,42,43). The zero-order chi connectivity index (χ0) is 31.8. The van der Waals surface area contributed by atoms with E-state index in [0.717, 1.165) is 21.8 Å². The molecule has 0 aliphatic heterocycles. The fourth-order valence-corrected chi connectivity index (χ4v) is 5.06. The molecule has 4 aromatic rings. The van der Waals surface area contributed by atoms with Gasteiger partial charge < -0.3 is 41.9 Å². The van der Waals surface area contributed by atoms with E-state index in [0.29, 0.717) is 11.1 Å². The van der Waals surface area contributed by atoms with Gasteiger partial charge in [0, 0.05) is 59.2 Å². The van der Waals surface area contributed by atoms with Gasteiger partial charge in [0.05, 0.1) is 6.04 Å². The molecule has 0 radical (unpaired) electrons. The minimum atomic E-state index is -1.41. The summed E-state index contributed by atoms with van der Waals surface area (Å²) in [6.45, 7) is 0. The van der Waals surface area contributed by atoms with Crippen molar-refractivity contribution < 1.29 is 34.2 Å². The van der Waals surface area contributed by atoms with E-state index < -0.39 is 60.2 Å². The van der Waals surface area contributed by atoms with Gasteiger partial charge in [0.1, 0.15) is 18.1 Å². The van der Waals surface area contributed by atoms with Gasteiger partial charge in [-0.2, -0.15) is 12.6 Å². The van der Waals surface area contributed by atoms with Crippen molar-refractivity contribution in [2.24, 2.45) is 5.73 Å². The molecule has 2 aromatic heterocycles. The van der Waals surface area contributed by atoms with Crippen LogP contribution in [-0.2, 0) is 36.8 Å². The Labute approximate surface area is 257 Å². The van der Waals surface area contributed by atoms with Crippen LogP contribution < -0.4 is 21.7 Å². The number of amides is 3. The summed E-state index contributed by atoms with van der Waals surface area (Å²) in [6.07, 6.45) is 2.51. The van der Waals surface area contributed by atoms with Crippen molar-refractivity contribution in [1.82, 2.24) is 25.9 Å². The molecule has 4 atom stereocenters. The highest BCUT2D eigenvalue weighted by molar-refractivity contribution is 7.80. The van der Waals surface area contributed by atoms with Crippen LogP contribution in [0.25, 0.3) is 21.8 Å². The van der Waals surface area contributed by atoms with Crippen molar-refractivity contribution in [3.63, 3.8) is 0 Å². The predicted molar refractivity (Wildman–Crippen MR) is 166 cm³/mol. The van der Waals surface area contributed by atoms with Gasteiger partial charge in [-0.1, -0.05) is 36.4 Å². The molecule has 4 rings (SSSR count). The lowest BCUT2D eigenvalue weighted by Crippen LogP contribution is -2.58. The van der Waals surface area contributed by atoms with Gasteiger partial charge in [-0.15, -0.1) is 0 Å². The molecule has 9 N–H and O–H groups in total. The Morgan fingerprint density at radius 1 is 0.727 bits per heavy atom. The predicted octanol–water partition coefficient (Wildman–Crippen LogP) is 1.10. The second-order valence-electron chi connectivity index (χ2n) is 10.4. The first-order valence-electron chi connectivity index (χ1n) is 13.9. The quantitative estimate of drug-likeness (QED) is 0.0872. The number of thiol groups is 1. The SMILES string of the molecule is NC(CS)C(=O)NC(Cc1c[nH]c2ccccc12)C(=O)NC(CCC(=O)O)C(=O)NC(Cc1c[nH]c2ccccc12)C(=O)O. The number of aromatic amines is 2. The van der Waals surface area contributed by atoms with Crippen molar-refractivity contribution in [3.05, 3.63) is 72.1 Å². The average molecular weight is 623 g/mol. The van der Waals surface area contributed by atoms with Crippen LogP contribution in [0.4, 0.5) is 0 Å². The highest BCUT2D eigenvalue weighted by Gasteiger charge is 2.31. The lowest BCUT2D eigenvalue weighted by molar-refractivity contribution is -0.143. The zero-order valence-corrected chi connectivity index (χ0v) is 24.5. The maximum absolute atomic E-state index is 13.6. The van der Waals surface area contributed by atoms with Gasteiger partial charge in [0.25, 0.3) is 0 Å². The minimum Gasteiger partial charge on any atom is -0.481 e. The van der Waals surface area contributed by atoms with E-state index in [-0.39, 0.29) is 25.0 Å². The van der Waals surface area contributed by atoms with Gasteiger partial charge >= 0.3 is 11.9 Å². The number of carboxylic acid groups (broad SMARTS) is 2. The second-order valence-corrected chi connectivity index (χ2v) is 10.7. The van der Waals surface area contributed by atoms with E-state index in [2.05, 4.69) is 38.5 Å². The van der Waals surface area contributed by atoms with E-state index in [1.54, 1.807) is 18.5 Å². The number of nitrogens with one attached hydrogen (secondary N) is 5. The molecule has 0 saturated carbocycles. The summed E-state index contributed by atoms with van der Waals surface area (Å²) in [4.78, 5) is 69.3. The maximum atomic E-state index is 13.6. The number of nitrogens with two attached hydrogens (primary N) is 1. The summed E-state index contributed by atoms with van der Waals surface area (Å²) in [5, 5.41) is 28.4. The molecular weight excluding hydrogens is 588 g/mol. The number of aromatic nitrogens is 2. The van der Waals surface area contributed by atoms with Gasteiger partial charge in [-0.3, -0.25) is 19.2 Å². The molecule has 0 aliphatic carbocycles. The molecule has 0 spiro atoms. The number of para-hydroxylation sites is 2. The lowest BCUT2D eigenvalue weighted by Gasteiger charge is -2.25. The summed E-state index contributed by atoms with van der Waals surface area (Å²) < 4.78 is 0. The Morgan fingerprint density at radius 2 is 1.20 bits per heavy atom. The van der Waals surface area contributed by atoms with Crippen LogP contribution in [0, 0.1) is 0 Å². The summed E-state index contributed by atoms with van der Waals surface area (Å²) in [6, 6.07) is 9.66. The van der Waals surface area contributed by atoms with Gasteiger partial charge in [-0.05, 0) is 29.7 Å². The van der Waals surface area contributed by atoms with E-state index >= 15 is 0 Å². The molecule has 232 valence electrons. The largest absolute Gasteiger partial charge is 0.481 e. The molecule has 3 amide bonds. The third-order valence-electron chi connectivity index (χ3n) is 7.26. The van der Waals surface area contributed by atoms with E-state index in [1.165, 1.54) is 0 Å². The first-order chi connectivity index (χ1) is 21.1. The van der Waals surface area contributed by atoms with Crippen molar-refractivity contribution in [1.29, 1.82) is 0 Å². The highest BCUT2D eigenvalue weighted by atomic mass is 32.1. The molecule has 2 aromatic carbocycles. The molecule has 0 saturated heterocycles. The van der Waals surface area contributed by atoms with Gasteiger partial charge in [-0.25, -0.2) is 4.79 Å². The Hall–Kier alpha value is -4.82. The van der Waals surface area contributed by atoms with Crippen molar-refractivity contribution in [3.8, 4) is 0 Å². The number of carbonyl (C=O) groups is 5. The van der Waals surface area contributed by atoms with Crippen LogP contribution in [0.15, 0.2) is 60.9 Å². The van der Waals surface area contributed by atoms with Crippen LogP contribution >= 0.6 is 12.6 Å². The van der Waals surface area contributed by atoms with Gasteiger partial charge in [0.15, 0.2) is 0 Å². The van der Waals surface area contributed by atoms with E-state index in [1.807, 2.05) is 42.5 Å². The lowest BCUT2D eigenvalue weighted by atomic mass is 10.0. The Bertz CT molecular complexity index is 1670. The molecule has 14 heteroatoms. The van der Waals surface area contributed by atoms with Crippen molar-refractivity contribution >= 4 is 64.1 Å². The number of rotatable bonds is 15. The monoisotopic (exact) mass is 622 g/mol. The number of benzene rings is 2. The summed E-state index contributed by atoms with van der Waals surface area (Å²) in [5.41, 5.74) is 8.79.